The van der Waals surface area contributed by atoms with Crippen molar-refractivity contribution in [2.75, 3.05) is 0 Å². The summed E-state index contributed by atoms with van der Waals surface area (Å²) in [5.41, 5.74) is 0. The predicted molar refractivity (Wildman–Crippen MR) is 9.93 cm³/mol. The molecule has 0 heterocycles. The van der Waals surface area contributed by atoms with Crippen molar-refractivity contribution in [3.63, 3.8) is 0 Å². The Morgan fingerprint density at radius 2 is 1.00 bits per heavy atom. The van der Waals surface area contributed by atoms with Gasteiger partial charge in [0.15, 0.2) is 0 Å². The third kappa shape index (κ3) is 22.5. The van der Waals surface area contributed by atoms with E-state index in [2.05, 4.69) is 13.2 Å². The summed E-state index contributed by atoms with van der Waals surface area (Å²) < 4.78 is 0. The smallest absolute Gasteiger partial charge is 1.00 e. The van der Waals surface area contributed by atoms with Crippen molar-refractivity contribution in [2.45, 2.75) is 0 Å². The second-order valence-electron chi connectivity index (χ2n) is 0. The van der Waals surface area contributed by atoms with E-state index in [4.69, 9.17) is 0 Å². The SMILES string of the molecule is [Br-].[Br-].[CH-]=C.[Yb+3]. The summed E-state index contributed by atoms with van der Waals surface area (Å²) in [6.45, 7) is 7.00. The molecule has 5 heavy (non-hydrogen) atoms. The van der Waals surface area contributed by atoms with E-state index in [9.17, 15) is 0 Å². The molecule has 0 aliphatic rings. The molecule has 1 radical (unpaired) electrons. The first-order valence-electron chi connectivity index (χ1n) is 0.408. The fourth-order valence-corrected chi connectivity index (χ4v) is 0. The van der Waals surface area contributed by atoms with Crippen molar-refractivity contribution in [3.05, 3.63) is 13.2 Å². The van der Waals surface area contributed by atoms with Gasteiger partial charge in [0, 0.05) is 0 Å². The summed E-state index contributed by atoms with van der Waals surface area (Å²) in [5, 5.41) is 0. The van der Waals surface area contributed by atoms with Gasteiger partial charge in [0.05, 0.1) is 0 Å². The van der Waals surface area contributed by atoms with Gasteiger partial charge in [-0.15, -0.1) is 0 Å². The third-order valence-corrected chi connectivity index (χ3v) is 0. The van der Waals surface area contributed by atoms with Gasteiger partial charge in [-0.05, 0) is 0 Å². The Kier molecular flexibility index (Phi) is 185. The molecular weight excluding hydrogens is 357 g/mol. The minimum Gasteiger partial charge on any atom is -1.00 e. The molecule has 0 saturated heterocycles. The predicted octanol–water partition coefficient (Wildman–Crippen LogP) is -5.39. The molecule has 0 spiro atoms. The van der Waals surface area contributed by atoms with E-state index in [1.54, 1.807) is 0 Å². The molecule has 0 aliphatic heterocycles. The van der Waals surface area contributed by atoms with Crippen molar-refractivity contribution in [3.8, 4) is 0 Å². The van der Waals surface area contributed by atoms with Crippen LogP contribution in [-0.2, 0) is 0 Å². The maximum absolute atomic E-state index is 4.25. The number of halogens is 2. The zero-order valence-electron chi connectivity index (χ0n) is 2.31. The molecule has 0 atom stereocenters. The largest absolute Gasteiger partial charge is 3.00 e. The first-order valence-corrected chi connectivity index (χ1v) is 0.408. The average Bonchev–Trinajstić information content (AvgIpc) is 1.00. The molecule has 0 rings (SSSR count). The molecule has 0 aromatic heterocycles. The van der Waals surface area contributed by atoms with Crippen LogP contribution in [0.2, 0.25) is 0 Å². The Bertz CT molecular complexity index is 7.61. The molecule has 0 fully saturated rings. The van der Waals surface area contributed by atoms with Crippen LogP contribution in [0.3, 0.4) is 0 Å². The monoisotopic (exact) mass is 359 g/mol. The Morgan fingerprint density at radius 1 is 1.00 bits per heavy atom. The van der Waals surface area contributed by atoms with Crippen molar-refractivity contribution < 1.29 is 80.9 Å². The number of hydrogen-bond acceptors (Lipinski definition) is 0. The minimum atomic E-state index is 0. The molecule has 0 amide bonds. The van der Waals surface area contributed by atoms with E-state index in [1.807, 2.05) is 0 Å². The molecule has 0 aromatic rings. The molecule has 0 aliphatic carbocycles. The van der Waals surface area contributed by atoms with Gasteiger partial charge in [-0.25, -0.2) is 0 Å². The molecule has 0 saturated carbocycles. The molecule has 39 valence electrons. The van der Waals surface area contributed by atoms with E-state index in [0.717, 1.165) is 0 Å². The third-order valence-electron chi connectivity index (χ3n) is 0. The van der Waals surface area contributed by atoms with E-state index in [0.29, 0.717) is 0 Å². The average molecular weight is 360 g/mol. The summed E-state index contributed by atoms with van der Waals surface area (Å²) in [4.78, 5) is 0. The van der Waals surface area contributed by atoms with E-state index < -0.39 is 0 Å². The van der Waals surface area contributed by atoms with Crippen LogP contribution in [-0.4, -0.2) is 0 Å². The van der Waals surface area contributed by atoms with Crippen molar-refractivity contribution in [1.82, 2.24) is 0 Å². The van der Waals surface area contributed by atoms with E-state index in [-0.39, 0.29) is 80.9 Å². The maximum Gasteiger partial charge on any atom is 3.00 e. The standard InChI is InChI=1S/C2H3.2BrH.Yb/c1-2;;;/h1H,2H2;2*1H;/q-1;;;+3/p-2. The van der Waals surface area contributed by atoms with Crippen LogP contribution in [0.5, 0.6) is 0 Å². The molecule has 0 aromatic carbocycles. The summed E-state index contributed by atoms with van der Waals surface area (Å²) in [6, 6.07) is 0. The van der Waals surface area contributed by atoms with E-state index in [1.165, 1.54) is 0 Å². The van der Waals surface area contributed by atoms with Crippen LogP contribution in [0, 0.1) is 53.5 Å². The Labute approximate surface area is 92.2 Å². The summed E-state index contributed by atoms with van der Waals surface area (Å²) >= 11 is 0. The van der Waals surface area contributed by atoms with Gasteiger partial charge in [0.25, 0.3) is 0 Å². The first-order chi connectivity index (χ1) is 1.00. The zero-order chi connectivity index (χ0) is 2.00. The Morgan fingerprint density at radius 3 is 1.00 bits per heavy atom. The van der Waals surface area contributed by atoms with Gasteiger partial charge in [0.2, 0.25) is 0 Å². The fourth-order valence-electron chi connectivity index (χ4n) is 0. The normalized spacial score (nSPS) is 0.800. The fraction of sp³-hybridized carbons (Fsp3) is 0. The maximum atomic E-state index is 4.25. The van der Waals surface area contributed by atoms with Gasteiger partial charge in [0.1, 0.15) is 0 Å². The number of rotatable bonds is 0. The van der Waals surface area contributed by atoms with Crippen LogP contribution in [0.1, 0.15) is 0 Å². The molecule has 0 nitrogen and oxygen atoms in total. The topological polar surface area (TPSA) is 0 Å². The molecule has 3 heteroatoms. The van der Waals surface area contributed by atoms with Gasteiger partial charge >= 0.3 is 46.9 Å². The summed E-state index contributed by atoms with van der Waals surface area (Å²) in [5.74, 6) is 0. The second kappa shape index (κ2) is 34.4. The van der Waals surface area contributed by atoms with Crippen LogP contribution in [0.4, 0.5) is 0 Å². The van der Waals surface area contributed by atoms with Crippen LogP contribution < -0.4 is 34.0 Å². The minimum absolute atomic E-state index is 0. The zero-order valence-corrected chi connectivity index (χ0v) is 7.19. The van der Waals surface area contributed by atoms with Crippen molar-refractivity contribution in [1.29, 1.82) is 0 Å². The van der Waals surface area contributed by atoms with Crippen LogP contribution >= 0.6 is 0 Å². The second-order valence-corrected chi connectivity index (χ2v) is 0. The molecule has 0 N–H and O–H groups in total. The summed E-state index contributed by atoms with van der Waals surface area (Å²) in [6.07, 6.45) is 0. The Hall–Kier alpha value is 2.22. The number of hydrogen-bond donors (Lipinski definition) is 0. The Balaban J connectivity index is -0.00000000167. The van der Waals surface area contributed by atoms with E-state index >= 15 is 0 Å². The summed E-state index contributed by atoms with van der Waals surface area (Å²) in [7, 11) is 0. The van der Waals surface area contributed by atoms with Crippen LogP contribution in [0.15, 0.2) is 6.58 Å². The molecule has 0 bridgehead atoms. The van der Waals surface area contributed by atoms with Gasteiger partial charge < -0.3 is 40.5 Å². The van der Waals surface area contributed by atoms with Crippen molar-refractivity contribution in [2.24, 2.45) is 0 Å². The molecular formula is C2H3Br2Yb. The van der Waals surface area contributed by atoms with Gasteiger partial charge in [-0.2, -0.15) is 0 Å². The van der Waals surface area contributed by atoms with Crippen molar-refractivity contribution >= 4 is 0 Å². The molecule has 0 unspecified atom stereocenters. The quantitative estimate of drug-likeness (QED) is 0.379. The van der Waals surface area contributed by atoms with Gasteiger partial charge in [-0.3, -0.25) is 6.58 Å². The first kappa shape index (κ1) is 26.9. The van der Waals surface area contributed by atoms with Gasteiger partial charge in [-0.1, -0.05) is 0 Å². The van der Waals surface area contributed by atoms with Crippen LogP contribution in [0.25, 0.3) is 0 Å².